The second-order valence-corrected chi connectivity index (χ2v) is 15.3. The van der Waals surface area contributed by atoms with E-state index >= 15 is 0 Å². The lowest BCUT2D eigenvalue weighted by Crippen LogP contribution is -1.94. The number of benzene rings is 10. The average Bonchev–Trinajstić information content (AvgIpc) is 3.94. The molecule has 57 heavy (non-hydrogen) atoms. The number of nitrogens with zero attached hydrogens (tertiary/aromatic N) is 2. The van der Waals surface area contributed by atoms with Crippen LogP contribution < -0.4 is 0 Å². The molecule has 0 fully saturated rings. The second-order valence-electron chi connectivity index (χ2n) is 15.3. The zero-order chi connectivity index (χ0) is 37.2. The van der Waals surface area contributed by atoms with Crippen LogP contribution in [0.4, 0.5) is 0 Å². The maximum Gasteiger partial charge on any atom is 0.136 e. The van der Waals surface area contributed by atoms with Gasteiger partial charge in [-0.05, 0) is 123 Å². The van der Waals surface area contributed by atoms with Crippen molar-refractivity contribution in [1.29, 1.82) is 0 Å². The molecule has 3 aromatic heterocycles. The fourth-order valence-corrected chi connectivity index (χ4v) is 9.77. The predicted octanol–water partition coefficient (Wildman–Crippen LogP) is 14.9. The summed E-state index contributed by atoms with van der Waals surface area (Å²) >= 11 is 0. The van der Waals surface area contributed by atoms with Crippen molar-refractivity contribution in [3.63, 3.8) is 0 Å². The van der Waals surface area contributed by atoms with Gasteiger partial charge in [-0.3, -0.25) is 0 Å². The number of hydrogen-bond donors (Lipinski definition) is 0. The Morgan fingerprint density at radius 2 is 0.754 bits per heavy atom. The van der Waals surface area contributed by atoms with Crippen LogP contribution in [0.3, 0.4) is 0 Å². The van der Waals surface area contributed by atoms with Crippen LogP contribution in [0.5, 0.6) is 0 Å². The molecule has 0 aliphatic heterocycles. The van der Waals surface area contributed by atoms with Gasteiger partial charge >= 0.3 is 0 Å². The number of fused-ring (bicyclic) bond motifs is 9. The predicted molar refractivity (Wildman–Crippen MR) is 239 cm³/mol. The second kappa shape index (κ2) is 11.5. The van der Waals surface area contributed by atoms with Crippen LogP contribution in [-0.4, -0.2) is 9.13 Å². The first-order chi connectivity index (χ1) is 28.3. The molecule has 3 heterocycles. The van der Waals surface area contributed by atoms with Crippen molar-refractivity contribution in [1.82, 2.24) is 9.13 Å². The van der Waals surface area contributed by atoms with Gasteiger partial charge in [0, 0.05) is 43.7 Å². The van der Waals surface area contributed by atoms with E-state index in [4.69, 9.17) is 4.42 Å². The molecule has 10 aromatic carbocycles. The van der Waals surface area contributed by atoms with Gasteiger partial charge in [0.05, 0.1) is 22.1 Å². The van der Waals surface area contributed by atoms with Crippen molar-refractivity contribution < 1.29 is 4.42 Å². The average molecular weight is 725 g/mol. The van der Waals surface area contributed by atoms with Gasteiger partial charge in [-0.25, -0.2) is 0 Å². The molecule has 13 rings (SSSR count). The fraction of sp³-hybridized carbons (Fsp3) is 0. The van der Waals surface area contributed by atoms with E-state index in [0.717, 1.165) is 28.0 Å². The van der Waals surface area contributed by atoms with Crippen molar-refractivity contribution in [2.24, 2.45) is 0 Å². The van der Waals surface area contributed by atoms with Crippen molar-refractivity contribution in [2.75, 3.05) is 0 Å². The van der Waals surface area contributed by atoms with Gasteiger partial charge in [-0.2, -0.15) is 0 Å². The molecule has 0 aliphatic rings. The third kappa shape index (κ3) is 4.31. The van der Waals surface area contributed by atoms with Crippen molar-refractivity contribution in [3.05, 3.63) is 194 Å². The summed E-state index contributed by atoms with van der Waals surface area (Å²) in [6.07, 6.45) is 0. The minimum Gasteiger partial charge on any atom is -0.456 e. The van der Waals surface area contributed by atoms with Crippen LogP contribution in [0.15, 0.2) is 199 Å². The van der Waals surface area contributed by atoms with Gasteiger partial charge in [-0.1, -0.05) is 115 Å². The van der Waals surface area contributed by atoms with E-state index in [1.807, 2.05) is 0 Å². The van der Waals surface area contributed by atoms with Crippen LogP contribution in [0.25, 0.3) is 121 Å². The normalized spacial score (nSPS) is 12.2. The molecule has 3 heteroatoms. The van der Waals surface area contributed by atoms with Gasteiger partial charge in [0.1, 0.15) is 11.2 Å². The summed E-state index contributed by atoms with van der Waals surface area (Å²) in [5, 5.41) is 12.4. The number of furan rings is 1. The molecule has 0 saturated heterocycles. The Morgan fingerprint density at radius 1 is 0.263 bits per heavy atom. The van der Waals surface area contributed by atoms with Gasteiger partial charge in [-0.15, -0.1) is 0 Å². The molecular formula is C54H32N2O. The number of aromatic nitrogens is 2. The van der Waals surface area contributed by atoms with Gasteiger partial charge in [0.2, 0.25) is 0 Å². The van der Waals surface area contributed by atoms with E-state index in [-0.39, 0.29) is 0 Å². The van der Waals surface area contributed by atoms with Crippen LogP contribution in [0.1, 0.15) is 0 Å². The molecule has 13 aromatic rings. The van der Waals surface area contributed by atoms with E-state index in [2.05, 4.69) is 203 Å². The zero-order valence-corrected chi connectivity index (χ0v) is 30.8. The number of rotatable bonds is 4. The lowest BCUT2D eigenvalue weighted by Gasteiger charge is -2.12. The Balaban J connectivity index is 0.972. The van der Waals surface area contributed by atoms with E-state index in [1.54, 1.807) is 0 Å². The molecule has 0 saturated carbocycles. The topological polar surface area (TPSA) is 23.0 Å². The van der Waals surface area contributed by atoms with Crippen LogP contribution in [0.2, 0.25) is 0 Å². The first kappa shape index (κ1) is 30.7. The molecule has 264 valence electrons. The van der Waals surface area contributed by atoms with Crippen LogP contribution in [0, 0.1) is 0 Å². The molecule has 0 bridgehead atoms. The molecule has 0 unspecified atom stereocenters. The maximum absolute atomic E-state index is 6.57. The number of para-hydroxylation sites is 3. The van der Waals surface area contributed by atoms with Gasteiger partial charge in [0.25, 0.3) is 0 Å². The summed E-state index contributed by atoms with van der Waals surface area (Å²) in [4.78, 5) is 0. The van der Waals surface area contributed by atoms with Crippen molar-refractivity contribution in [3.8, 4) is 33.6 Å². The van der Waals surface area contributed by atoms with Crippen molar-refractivity contribution in [2.45, 2.75) is 0 Å². The Labute approximate surface area is 327 Å². The molecule has 0 radical (unpaired) electrons. The summed E-state index contributed by atoms with van der Waals surface area (Å²) in [7, 11) is 0. The maximum atomic E-state index is 6.57. The minimum absolute atomic E-state index is 0.928. The highest BCUT2D eigenvalue weighted by molar-refractivity contribution is 6.33. The van der Waals surface area contributed by atoms with E-state index in [0.29, 0.717) is 0 Å². The molecule has 3 nitrogen and oxygen atoms in total. The zero-order valence-electron chi connectivity index (χ0n) is 30.8. The first-order valence-electron chi connectivity index (χ1n) is 19.6. The Morgan fingerprint density at radius 3 is 1.46 bits per heavy atom. The molecule has 0 amide bonds. The molecular weight excluding hydrogens is 693 g/mol. The third-order valence-electron chi connectivity index (χ3n) is 12.2. The van der Waals surface area contributed by atoms with Gasteiger partial charge < -0.3 is 13.6 Å². The van der Waals surface area contributed by atoms with E-state index < -0.39 is 0 Å². The highest BCUT2D eigenvalue weighted by atomic mass is 16.3. The highest BCUT2D eigenvalue weighted by Crippen LogP contribution is 2.45. The third-order valence-corrected chi connectivity index (χ3v) is 12.2. The smallest absolute Gasteiger partial charge is 0.136 e. The fourth-order valence-electron chi connectivity index (χ4n) is 9.77. The van der Waals surface area contributed by atoms with Gasteiger partial charge in [0.15, 0.2) is 0 Å². The minimum atomic E-state index is 0.928. The first-order valence-corrected chi connectivity index (χ1v) is 19.6. The molecule has 0 spiro atoms. The number of hydrogen-bond acceptors (Lipinski definition) is 1. The quantitative estimate of drug-likeness (QED) is 0.166. The highest BCUT2D eigenvalue weighted by Gasteiger charge is 2.20. The van der Waals surface area contributed by atoms with E-state index in [1.165, 1.54) is 92.7 Å². The Kier molecular flexibility index (Phi) is 6.16. The molecule has 0 atom stereocenters. The summed E-state index contributed by atoms with van der Waals surface area (Å²) in [6, 6.07) is 70.8. The Bertz CT molecular complexity index is 3750. The Hall–Kier alpha value is -7.62. The van der Waals surface area contributed by atoms with Crippen LogP contribution in [-0.2, 0) is 0 Å². The lowest BCUT2D eigenvalue weighted by atomic mass is 9.92. The monoisotopic (exact) mass is 724 g/mol. The lowest BCUT2D eigenvalue weighted by molar-refractivity contribution is 0.669. The summed E-state index contributed by atoms with van der Waals surface area (Å²) < 4.78 is 11.4. The summed E-state index contributed by atoms with van der Waals surface area (Å²) in [5.74, 6) is 0. The molecule has 0 aliphatic carbocycles. The molecule has 0 N–H and O–H groups in total. The van der Waals surface area contributed by atoms with Crippen molar-refractivity contribution >= 4 is 87.1 Å². The summed E-state index contributed by atoms with van der Waals surface area (Å²) in [5.41, 5.74) is 13.7. The van der Waals surface area contributed by atoms with E-state index in [9.17, 15) is 0 Å². The summed E-state index contributed by atoms with van der Waals surface area (Å²) in [6.45, 7) is 0. The standard InChI is InChI=1S/C54H32N2O/c1-2-13-37(14-3-1)55-47-21-8-6-18-41(47)44-29-34(24-26-49(44)55)35-25-27-50-45(30-35)42-19-7-9-22-48(42)56(50)38-15-10-12-33(28-38)36-31-46-40-17-5-4-16-39(40)43-20-11-23-51-53(43)54(46)52(32-36)57-51/h1-32H. The SMILES string of the molecule is c1ccc(-n2c3ccccc3c3cc(-c4ccc5c(c4)c4ccccc4n5-c4cccc(-c5cc6oc7cccc8c9ccccc9c(c5)c6c78)c4)ccc32)cc1. The largest absolute Gasteiger partial charge is 0.456 e. The van der Waals surface area contributed by atoms with Crippen LogP contribution >= 0.6 is 0 Å².